The van der Waals surface area contributed by atoms with Crippen LogP contribution < -0.4 is 15.4 Å². The molecule has 1 aromatic carbocycles. The Morgan fingerprint density at radius 2 is 2.28 bits per heavy atom. The van der Waals surface area contributed by atoms with E-state index in [2.05, 4.69) is 32.6 Å². The molecule has 0 aromatic heterocycles. The Morgan fingerprint density at radius 3 is 2.89 bits per heavy atom. The second kappa shape index (κ2) is 6.55. The van der Waals surface area contributed by atoms with E-state index in [9.17, 15) is 0 Å². The maximum atomic E-state index is 5.49. The molecule has 0 spiro atoms. The van der Waals surface area contributed by atoms with Crippen LogP contribution in [0.15, 0.2) is 22.7 Å². The van der Waals surface area contributed by atoms with Crippen molar-refractivity contribution in [2.24, 2.45) is 0 Å². The molecule has 18 heavy (non-hydrogen) atoms. The maximum Gasteiger partial charge on any atom is 0.123 e. The fourth-order valence-electron chi connectivity index (χ4n) is 2.68. The van der Waals surface area contributed by atoms with E-state index in [-0.39, 0.29) is 6.04 Å². The van der Waals surface area contributed by atoms with E-state index < -0.39 is 0 Å². The summed E-state index contributed by atoms with van der Waals surface area (Å²) in [6.07, 6.45) is 3.79. The lowest BCUT2D eigenvalue weighted by Gasteiger charge is -2.32. The molecule has 1 aliphatic heterocycles. The second-order valence-electron chi connectivity index (χ2n) is 4.71. The molecule has 0 amide bonds. The second-order valence-corrected chi connectivity index (χ2v) is 5.62. The van der Waals surface area contributed by atoms with Crippen LogP contribution in [0.2, 0.25) is 0 Å². The highest BCUT2D eigenvalue weighted by atomic mass is 79.9. The molecular weight excluding hydrogens is 292 g/mol. The van der Waals surface area contributed by atoms with Crippen LogP contribution in [0.25, 0.3) is 0 Å². The number of hydrogen-bond acceptors (Lipinski definition) is 3. The van der Waals surface area contributed by atoms with Crippen molar-refractivity contribution in [2.45, 2.75) is 31.3 Å². The first-order valence-corrected chi connectivity index (χ1v) is 7.29. The van der Waals surface area contributed by atoms with Gasteiger partial charge >= 0.3 is 0 Å². The van der Waals surface area contributed by atoms with Gasteiger partial charge in [-0.1, -0.05) is 22.4 Å². The zero-order chi connectivity index (χ0) is 13.0. The Labute approximate surface area is 117 Å². The molecule has 1 aliphatic rings. The number of rotatable bonds is 4. The number of likely N-dealkylation sites (N-methyl/N-ethyl adjacent to an activating group) is 1. The average molecular weight is 313 g/mol. The van der Waals surface area contributed by atoms with Gasteiger partial charge in [-0.25, -0.2) is 0 Å². The molecule has 100 valence electrons. The van der Waals surface area contributed by atoms with Gasteiger partial charge in [-0.05, 0) is 44.6 Å². The number of methoxy groups -OCH3 is 1. The molecule has 2 atom stereocenters. The van der Waals surface area contributed by atoms with Crippen molar-refractivity contribution in [3.05, 3.63) is 28.2 Å². The standard InChI is InChI=1S/C14H21BrN2O/c1-16-14(12-5-3-4-8-17-12)11-9-10(15)6-7-13(11)18-2/h6-7,9,12,14,16-17H,3-5,8H2,1-2H3. The van der Waals surface area contributed by atoms with Gasteiger partial charge in [-0.2, -0.15) is 0 Å². The Bertz CT molecular complexity index is 391. The molecule has 2 rings (SSSR count). The lowest BCUT2D eigenvalue weighted by atomic mass is 9.92. The minimum Gasteiger partial charge on any atom is -0.496 e. The Balaban J connectivity index is 2.27. The van der Waals surface area contributed by atoms with Crippen molar-refractivity contribution < 1.29 is 4.74 Å². The van der Waals surface area contributed by atoms with Gasteiger partial charge in [0, 0.05) is 16.1 Å². The molecule has 1 heterocycles. The summed E-state index contributed by atoms with van der Waals surface area (Å²) in [5, 5.41) is 7.03. The largest absolute Gasteiger partial charge is 0.496 e. The Kier molecular flexibility index (Phi) is 5.03. The van der Waals surface area contributed by atoms with Crippen molar-refractivity contribution >= 4 is 15.9 Å². The maximum absolute atomic E-state index is 5.49. The fourth-order valence-corrected chi connectivity index (χ4v) is 3.06. The first-order valence-electron chi connectivity index (χ1n) is 6.50. The average Bonchev–Trinajstić information content (AvgIpc) is 2.41. The number of ether oxygens (including phenoxy) is 1. The van der Waals surface area contributed by atoms with Crippen LogP contribution in [-0.2, 0) is 0 Å². The molecule has 0 saturated carbocycles. The van der Waals surface area contributed by atoms with Crippen molar-refractivity contribution in [2.75, 3.05) is 20.7 Å². The summed E-state index contributed by atoms with van der Waals surface area (Å²) in [5.74, 6) is 0.949. The van der Waals surface area contributed by atoms with Gasteiger partial charge in [0.2, 0.25) is 0 Å². The van der Waals surface area contributed by atoms with E-state index in [1.54, 1.807) is 7.11 Å². The van der Waals surface area contributed by atoms with Gasteiger partial charge in [0.1, 0.15) is 5.75 Å². The first kappa shape index (κ1) is 13.8. The van der Waals surface area contributed by atoms with Gasteiger partial charge in [-0.15, -0.1) is 0 Å². The Hall–Kier alpha value is -0.580. The molecule has 0 radical (unpaired) electrons. The van der Waals surface area contributed by atoms with Crippen molar-refractivity contribution in [1.82, 2.24) is 10.6 Å². The molecule has 1 saturated heterocycles. The smallest absolute Gasteiger partial charge is 0.123 e. The predicted molar refractivity (Wildman–Crippen MR) is 78.1 cm³/mol. The van der Waals surface area contributed by atoms with Crippen molar-refractivity contribution in [3.63, 3.8) is 0 Å². The van der Waals surface area contributed by atoms with Crippen LogP contribution in [0.3, 0.4) is 0 Å². The summed E-state index contributed by atoms with van der Waals surface area (Å²) in [4.78, 5) is 0. The third kappa shape index (κ3) is 3.05. The molecule has 1 aromatic rings. The van der Waals surface area contributed by atoms with Crippen LogP contribution in [0, 0.1) is 0 Å². The normalized spacial score (nSPS) is 21.6. The highest BCUT2D eigenvalue weighted by Crippen LogP contribution is 2.32. The van der Waals surface area contributed by atoms with E-state index in [1.807, 2.05) is 19.2 Å². The van der Waals surface area contributed by atoms with Gasteiger partial charge in [0.15, 0.2) is 0 Å². The quantitative estimate of drug-likeness (QED) is 0.897. The lowest BCUT2D eigenvalue weighted by molar-refractivity contribution is 0.316. The molecule has 1 fully saturated rings. The molecular formula is C14H21BrN2O. The van der Waals surface area contributed by atoms with Crippen LogP contribution >= 0.6 is 15.9 Å². The highest BCUT2D eigenvalue weighted by Gasteiger charge is 2.25. The van der Waals surface area contributed by atoms with Gasteiger partial charge < -0.3 is 15.4 Å². The zero-order valence-corrected chi connectivity index (χ0v) is 12.6. The monoisotopic (exact) mass is 312 g/mol. The van der Waals surface area contributed by atoms with Crippen molar-refractivity contribution in [3.8, 4) is 5.75 Å². The molecule has 0 bridgehead atoms. The van der Waals surface area contributed by atoms with Gasteiger partial charge in [0.25, 0.3) is 0 Å². The van der Waals surface area contributed by atoms with E-state index in [0.717, 1.165) is 16.8 Å². The highest BCUT2D eigenvalue weighted by molar-refractivity contribution is 9.10. The molecule has 3 nitrogen and oxygen atoms in total. The summed E-state index contributed by atoms with van der Waals surface area (Å²) in [6, 6.07) is 6.95. The number of hydrogen-bond donors (Lipinski definition) is 2. The number of halogens is 1. The van der Waals surface area contributed by atoms with Gasteiger partial charge in [0.05, 0.1) is 13.2 Å². The minimum absolute atomic E-state index is 0.290. The minimum atomic E-state index is 0.290. The summed E-state index contributed by atoms with van der Waals surface area (Å²) in [5.41, 5.74) is 1.22. The number of piperidine rings is 1. The molecule has 2 unspecified atom stereocenters. The fraction of sp³-hybridized carbons (Fsp3) is 0.571. The molecule has 2 N–H and O–H groups in total. The molecule has 0 aliphatic carbocycles. The van der Waals surface area contributed by atoms with E-state index in [0.29, 0.717) is 6.04 Å². The van der Waals surface area contributed by atoms with E-state index in [4.69, 9.17) is 4.74 Å². The Morgan fingerprint density at radius 1 is 1.44 bits per heavy atom. The van der Waals surface area contributed by atoms with Crippen LogP contribution in [-0.4, -0.2) is 26.7 Å². The molecule has 4 heteroatoms. The summed E-state index contributed by atoms with van der Waals surface area (Å²) >= 11 is 3.54. The predicted octanol–water partition coefficient (Wildman–Crippen LogP) is 2.86. The van der Waals surface area contributed by atoms with Crippen molar-refractivity contribution in [1.29, 1.82) is 0 Å². The number of benzene rings is 1. The van der Waals surface area contributed by atoms with E-state index >= 15 is 0 Å². The topological polar surface area (TPSA) is 33.3 Å². The van der Waals surface area contributed by atoms with Crippen LogP contribution in [0.5, 0.6) is 5.75 Å². The van der Waals surface area contributed by atoms with Gasteiger partial charge in [-0.3, -0.25) is 0 Å². The SMILES string of the molecule is CNC(c1cc(Br)ccc1OC)C1CCCCN1. The third-order valence-corrected chi connectivity index (χ3v) is 4.08. The summed E-state index contributed by atoms with van der Waals surface area (Å²) in [7, 11) is 3.75. The van der Waals surface area contributed by atoms with E-state index in [1.165, 1.54) is 24.8 Å². The zero-order valence-electron chi connectivity index (χ0n) is 11.0. The lowest BCUT2D eigenvalue weighted by Crippen LogP contribution is -2.43. The van der Waals surface area contributed by atoms with Crippen LogP contribution in [0.4, 0.5) is 0 Å². The first-order chi connectivity index (χ1) is 8.76. The number of nitrogens with one attached hydrogen (secondary N) is 2. The summed E-state index contributed by atoms with van der Waals surface area (Å²) < 4.78 is 6.58. The third-order valence-electron chi connectivity index (χ3n) is 3.59. The van der Waals surface area contributed by atoms with Crippen LogP contribution in [0.1, 0.15) is 30.9 Å². The summed E-state index contributed by atoms with van der Waals surface area (Å²) in [6.45, 7) is 1.11.